The number of amides is 3. The van der Waals surface area contributed by atoms with Crippen molar-refractivity contribution < 1.29 is 14.4 Å². The Balaban J connectivity index is 1.16. The number of nitrogens with zero attached hydrogens (tertiary/aromatic N) is 1. The quantitative estimate of drug-likeness (QED) is 0.256. The van der Waals surface area contributed by atoms with Gasteiger partial charge in [0.05, 0.1) is 16.2 Å². The Morgan fingerprint density at radius 3 is 1.92 bits per heavy atom. The van der Waals surface area contributed by atoms with Crippen LogP contribution in [0.15, 0.2) is 103 Å². The molecule has 0 radical (unpaired) electrons. The van der Waals surface area contributed by atoms with Crippen molar-refractivity contribution in [1.29, 1.82) is 0 Å². The normalized spacial score (nSPS) is 24.6. The fourth-order valence-corrected chi connectivity index (χ4v) is 7.82. The van der Waals surface area contributed by atoms with Crippen molar-refractivity contribution in [2.45, 2.75) is 10.2 Å². The summed E-state index contributed by atoms with van der Waals surface area (Å²) < 4.78 is -0.815. The second-order valence-corrected chi connectivity index (χ2v) is 11.4. The second-order valence-electron chi connectivity index (χ2n) is 10.1. The zero-order valence-electron chi connectivity index (χ0n) is 20.3. The van der Waals surface area contributed by atoms with Gasteiger partial charge in [-0.2, -0.15) is 0 Å². The number of imide groups is 1. The average Bonchev–Trinajstić information content (AvgIpc) is 3.20. The summed E-state index contributed by atoms with van der Waals surface area (Å²) in [4.78, 5) is 41.8. The zero-order chi connectivity index (χ0) is 26.0. The van der Waals surface area contributed by atoms with E-state index in [0.29, 0.717) is 5.69 Å². The number of hydrogen-bond donors (Lipinski definition) is 1. The van der Waals surface area contributed by atoms with Crippen LogP contribution in [0.25, 0.3) is 11.1 Å². The molecule has 3 aliphatic carbocycles. The highest BCUT2D eigenvalue weighted by atomic mass is 79.9. The number of carbonyl (C=O) groups excluding carboxylic acids is 3. The highest BCUT2D eigenvalue weighted by molar-refractivity contribution is 9.09. The summed E-state index contributed by atoms with van der Waals surface area (Å²) in [5.41, 5.74) is 6.91. The molecule has 1 N–H and O–H groups in total. The van der Waals surface area contributed by atoms with Crippen LogP contribution >= 0.6 is 15.9 Å². The first-order chi connectivity index (χ1) is 18.5. The summed E-state index contributed by atoms with van der Waals surface area (Å²) in [6.07, 6.45) is 0. The molecule has 2 bridgehead atoms. The molecule has 0 spiro atoms. The van der Waals surface area contributed by atoms with Gasteiger partial charge in [-0.3, -0.25) is 19.3 Å². The molecular weight excluding hydrogens is 540 g/mol. The maximum atomic E-state index is 13.8. The summed E-state index contributed by atoms with van der Waals surface area (Å²) in [5.74, 6) is -2.37. The number of benzene rings is 4. The van der Waals surface area contributed by atoms with Gasteiger partial charge in [-0.15, -0.1) is 0 Å². The molecule has 4 aromatic rings. The monoisotopic (exact) mass is 562 g/mol. The highest BCUT2D eigenvalue weighted by Crippen LogP contribution is 2.66. The van der Waals surface area contributed by atoms with E-state index in [9.17, 15) is 14.4 Å². The largest absolute Gasteiger partial charge is 0.325 e. The number of alkyl halides is 1. The molecule has 4 aliphatic rings. The van der Waals surface area contributed by atoms with Gasteiger partial charge in [0.15, 0.2) is 0 Å². The average molecular weight is 563 g/mol. The summed E-state index contributed by atoms with van der Waals surface area (Å²) >= 11 is 3.98. The van der Waals surface area contributed by atoms with Crippen LogP contribution in [0.2, 0.25) is 0 Å². The van der Waals surface area contributed by atoms with E-state index in [0.717, 1.165) is 38.3 Å². The van der Waals surface area contributed by atoms with Crippen LogP contribution in [0, 0.1) is 11.8 Å². The zero-order valence-corrected chi connectivity index (χ0v) is 21.9. The second kappa shape index (κ2) is 8.50. The van der Waals surface area contributed by atoms with Crippen molar-refractivity contribution in [3.63, 3.8) is 0 Å². The maximum Gasteiger partial charge on any atom is 0.244 e. The number of halogens is 1. The molecule has 1 heterocycles. The number of rotatable bonds is 4. The van der Waals surface area contributed by atoms with Crippen molar-refractivity contribution in [1.82, 2.24) is 4.90 Å². The highest BCUT2D eigenvalue weighted by Gasteiger charge is 2.67. The predicted octanol–water partition coefficient (Wildman–Crippen LogP) is 5.69. The Labute approximate surface area is 228 Å². The molecule has 8 rings (SSSR count). The third-order valence-electron chi connectivity index (χ3n) is 8.18. The van der Waals surface area contributed by atoms with Crippen LogP contribution in [0.5, 0.6) is 0 Å². The van der Waals surface area contributed by atoms with Crippen LogP contribution in [0.1, 0.15) is 28.2 Å². The topological polar surface area (TPSA) is 66.5 Å². The van der Waals surface area contributed by atoms with Crippen LogP contribution in [-0.4, -0.2) is 29.2 Å². The lowest BCUT2D eigenvalue weighted by Gasteiger charge is -2.51. The van der Waals surface area contributed by atoms with Crippen molar-refractivity contribution in [3.05, 3.63) is 125 Å². The first kappa shape index (κ1) is 23.1. The minimum absolute atomic E-state index is 0.220. The molecule has 3 amide bonds. The molecule has 38 heavy (non-hydrogen) atoms. The smallest absolute Gasteiger partial charge is 0.244 e. The fraction of sp³-hybridized carbons (Fsp3) is 0.156. The number of anilines is 1. The van der Waals surface area contributed by atoms with E-state index in [-0.39, 0.29) is 24.3 Å². The molecular formula is C32H23BrN2O3. The lowest BCUT2D eigenvalue weighted by atomic mass is 9.55. The Bertz CT molecular complexity index is 1570. The predicted molar refractivity (Wildman–Crippen MR) is 149 cm³/mol. The van der Waals surface area contributed by atoms with E-state index >= 15 is 0 Å². The Kier molecular flexibility index (Phi) is 5.17. The van der Waals surface area contributed by atoms with Gasteiger partial charge in [0.25, 0.3) is 0 Å². The molecule has 1 fully saturated rings. The van der Waals surface area contributed by atoms with Gasteiger partial charge in [0, 0.05) is 11.6 Å². The van der Waals surface area contributed by atoms with Crippen LogP contribution < -0.4 is 5.32 Å². The van der Waals surface area contributed by atoms with E-state index in [1.807, 2.05) is 103 Å². The Morgan fingerprint density at radius 2 is 1.29 bits per heavy atom. The maximum absolute atomic E-state index is 13.8. The third kappa shape index (κ3) is 3.19. The fourth-order valence-electron chi connectivity index (χ4n) is 6.62. The van der Waals surface area contributed by atoms with Crippen molar-refractivity contribution in [2.24, 2.45) is 11.8 Å². The first-order valence-electron chi connectivity index (χ1n) is 12.7. The van der Waals surface area contributed by atoms with Crippen molar-refractivity contribution in [2.75, 3.05) is 11.9 Å². The Morgan fingerprint density at radius 1 is 0.737 bits per heavy atom. The molecule has 0 aromatic heterocycles. The first-order valence-corrected chi connectivity index (χ1v) is 13.5. The van der Waals surface area contributed by atoms with E-state index in [1.165, 1.54) is 0 Å². The van der Waals surface area contributed by atoms with E-state index in [2.05, 4.69) is 21.2 Å². The summed E-state index contributed by atoms with van der Waals surface area (Å²) in [7, 11) is 0. The minimum Gasteiger partial charge on any atom is -0.325 e. The molecule has 1 saturated heterocycles. The van der Waals surface area contributed by atoms with Gasteiger partial charge in [-0.05, 0) is 45.5 Å². The SMILES string of the molecule is O=C(CN1C(=O)[C@@H]2[C@@H](C1=O)C1c3ccccc3C2(Br)c2ccccc21)Nc1ccc(-c2ccccc2)cc1. The van der Waals surface area contributed by atoms with Crippen LogP contribution in [-0.2, 0) is 18.7 Å². The minimum atomic E-state index is -0.815. The van der Waals surface area contributed by atoms with E-state index in [1.54, 1.807) is 0 Å². The van der Waals surface area contributed by atoms with Crippen molar-refractivity contribution >= 4 is 39.3 Å². The van der Waals surface area contributed by atoms with Crippen molar-refractivity contribution in [3.8, 4) is 11.1 Å². The summed E-state index contributed by atoms with van der Waals surface area (Å²) in [6.45, 7) is -0.312. The van der Waals surface area contributed by atoms with Gasteiger partial charge in [0.1, 0.15) is 6.54 Å². The molecule has 4 aromatic carbocycles. The number of likely N-dealkylation sites (tertiary alicyclic amines) is 1. The molecule has 6 heteroatoms. The lowest BCUT2D eigenvalue weighted by Crippen LogP contribution is -2.50. The van der Waals surface area contributed by atoms with Gasteiger partial charge >= 0.3 is 0 Å². The number of carbonyl (C=O) groups is 3. The molecule has 2 atom stereocenters. The van der Waals surface area contributed by atoms with Gasteiger partial charge in [-0.25, -0.2) is 0 Å². The molecule has 0 unspecified atom stereocenters. The summed E-state index contributed by atoms with van der Waals surface area (Å²) in [6, 6.07) is 33.6. The number of nitrogens with one attached hydrogen (secondary N) is 1. The van der Waals surface area contributed by atoms with E-state index in [4.69, 9.17) is 0 Å². The van der Waals surface area contributed by atoms with Crippen LogP contribution in [0.4, 0.5) is 5.69 Å². The molecule has 1 aliphatic heterocycles. The molecule has 0 saturated carbocycles. The van der Waals surface area contributed by atoms with Gasteiger partial charge in [0.2, 0.25) is 17.7 Å². The standard InChI is InChI=1S/C32H23BrN2O3/c33-32-24-12-6-4-10-22(24)27(23-11-5-7-13-25(23)32)28-29(32)31(38)35(30(28)37)18-26(36)34-21-16-14-20(15-17-21)19-8-2-1-3-9-19/h1-17,27-29H,18H2,(H,34,36)/t27?,28-,29-,32?/m0/s1. The van der Waals surface area contributed by atoms with E-state index < -0.39 is 22.1 Å². The van der Waals surface area contributed by atoms with Gasteiger partial charge < -0.3 is 5.32 Å². The molecule has 5 nitrogen and oxygen atoms in total. The van der Waals surface area contributed by atoms with Crippen LogP contribution in [0.3, 0.4) is 0 Å². The lowest BCUT2D eigenvalue weighted by molar-refractivity contribution is -0.142. The summed E-state index contributed by atoms with van der Waals surface area (Å²) in [5, 5.41) is 2.85. The molecule has 186 valence electrons. The van der Waals surface area contributed by atoms with Gasteiger partial charge in [-0.1, -0.05) is 107 Å². The number of hydrogen-bond acceptors (Lipinski definition) is 3. The third-order valence-corrected chi connectivity index (χ3v) is 9.53. The Hall–Kier alpha value is -4.03.